The molecule has 1 fully saturated rings. The number of phenolic OH excluding ortho intramolecular Hbond substituents is 1. The minimum atomic E-state index is 0.155. The normalized spacial score (nSPS) is 15.8. The van der Waals surface area contributed by atoms with Crippen molar-refractivity contribution in [3.63, 3.8) is 0 Å². The zero-order chi connectivity index (χ0) is 19.5. The van der Waals surface area contributed by atoms with Gasteiger partial charge in [-0.2, -0.15) is 0 Å². The van der Waals surface area contributed by atoms with Crippen LogP contribution in [0.2, 0.25) is 0 Å². The lowest BCUT2D eigenvalue weighted by atomic mass is 10.1. The highest BCUT2D eigenvalue weighted by Gasteiger charge is 2.22. The quantitative estimate of drug-likeness (QED) is 0.390. The molecule has 0 bridgehead atoms. The summed E-state index contributed by atoms with van der Waals surface area (Å²) in [6.07, 6.45) is 3.22. The number of aliphatic imine (C=N–C) groups is 1. The number of phenols is 1. The maximum atomic E-state index is 10.2. The van der Waals surface area contributed by atoms with Crippen LogP contribution < -0.4 is 10.1 Å². The first kappa shape index (κ1) is 21.3. The van der Waals surface area contributed by atoms with Crippen molar-refractivity contribution in [2.24, 2.45) is 4.99 Å². The van der Waals surface area contributed by atoms with Crippen LogP contribution in [-0.4, -0.2) is 69.1 Å². The number of aromatic hydroxyl groups is 1. The van der Waals surface area contributed by atoms with Gasteiger partial charge in [0.1, 0.15) is 0 Å². The third-order valence-electron chi connectivity index (χ3n) is 4.62. The number of hydrogen-bond donors (Lipinski definition) is 2. The number of nitrogens with one attached hydrogen (secondary N) is 1. The highest BCUT2D eigenvalue weighted by atomic mass is 16.5. The molecule has 0 radical (unpaired) electrons. The van der Waals surface area contributed by atoms with Crippen LogP contribution in [-0.2, 0) is 16.0 Å². The van der Waals surface area contributed by atoms with Gasteiger partial charge >= 0.3 is 0 Å². The third kappa shape index (κ3) is 6.59. The Kier molecular flexibility index (Phi) is 9.21. The molecule has 7 heteroatoms. The van der Waals surface area contributed by atoms with Crippen LogP contribution in [0.3, 0.4) is 0 Å². The van der Waals surface area contributed by atoms with Crippen molar-refractivity contribution in [2.45, 2.75) is 38.8 Å². The molecular weight excluding hydrogens is 346 g/mol. The summed E-state index contributed by atoms with van der Waals surface area (Å²) in [7, 11) is 3.26. The molecule has 27 heavy (non-hydrogen) atoms. The van der Waals surface area contributed by atoms with E-state index < -0.39 is 0 Å². The number of likely N-dealkylation sites (tertiary alicyclic amines) is 1. The van der Waals surface area contributed by atoms with E-state index in [4.69, 9.17) is 19.2 Å². The number of ether oxygens (including phenoxy) is 3. The lowest BCUT2D eigenvalue weighted by molar-refractivity contribution is 0.00990. The van der Waals surface area contributed by atoms with E-state index in [9.17, 15) is 5.11 Å². The second kappa shape index (κ2) is 11.7. The van der Waals surface area contributed by atoms with Crippen LogP contribution in [0.5, 0.6) is 11.5 Å². The molecule has 0 unspecified atom stereocenters. The van der Waals surface area contributed by atoms with Crippen LogP contribution in [0.25, 0.3) is 0 Å². The van der Waals surface area contributed by atoms with Gasteiger partial charge in [0.2, 0.25) is 0 Å². The van der Waals surface area contributed by atoms with Crippen molar-refractivity contribution >= 4 is 5.96 Å². The molecule has 1 aromatic carbocycles. The molecule has 0 aromatic heterocycles. The minimum Gasteiger partial charge on any atom is -0.504 e. The summed E-state index contributed by atoms with van der Waals surface area (Å²) < 4.78 is 16.2. The summed E-state index contributed by atoms with van der Waals surface area (Å²) in [5, 5.41) is 13.6. The molecule has 0 atom stereocenters. The molecule has 0 aliphatic carbocycles. The molecular formula is C20H33N3O4. The van der Waals surface area contributed by atoms with Gasteiger partial charge < -0.3 is 29.5 Å². The van der Waals surface area contributed by atoms with Crippen molar-refractivity contribution in [1.82, 2.24) is 10.2 Å². The van der Waals surface area contributed by atoms with Gasteiger partial charge in [-0.3, -0.25) is 0 Å². The van der Waals surface area contributed by atoms with E-state index in [0.717, 1.165) is 63.6 Å². The number of para-hydroxylation sites is 1. The molecule has 1 aromatic rings. The zero-order valence-corrected chi connectivity index (χ0v) is 16.7. The lowest BCUT2D eigenvalue weighted by Gasteiger charge is -2.34. The molecule has 7 nitrogen and oxygen atoms in total. The summed E-state index contributed by atoms with van der Waals surface area (Å²) in [5.74, 6) is 1.50. The number of hydrogen-bond acceptors (Lipinski definition) is 5. The standard InChI is InChI=1S/C20H33N3O4/c1-4-21-20(22-15-16-7-5-8-18(26-3)19(16)24)23-11-9-17(10-12-23)27-14-6-13-25-2/h5,7-8,17,24H,4,6,9-15H2,1-3H3,(H,21,22). The average Bonchev–Trinajstić information content (AvgIpc) is 2.70. The van der Waals surface area contributed by atoms with Crippen molar-refractivity contribution < 1.29 is 19.3 Å². The summed E-state index contributed by atoms with van der Waals surface area (Å²) >= 11 is 0. The Balaban J connectivity index is 1.91. The average molecular weight is 380 g/mol. The van der Waals surface area contributed by atoms with Gasteiger partial charge in [-0.25, -0.2) is 4.99 Å². The van der Waals surface area contributed by atoms with E-state index in [0.29, 0.717) is 18.4 Å². The minimum absolute atomic E-state index is 0.155. The molecule has 1 heterocycles. The van der Waals surface area contributed by atoms with Crippen molar-refractivity contribution in [1.29, 1.82) is 0 Å². The Hall–Kier alpha value is -1.99. The zero-order valence-electron chi connectivity index (χ0n) is 16.7. The SMILES string of the molecule is CCNC(=NCc1cccc(OC)c1O)N1CCC(OCCCOC)CC1. The second-order valence-corrected chi connectivity index (χ2v) is 6.54. The predicted molar refractivity (Wildman–Crippen MR) is 107 cm³/mol. The lowest BCUT2D eigenvalue weighted by Crippen LogP contribution is -2.47. The fourth-order valence-electron chi connectivity index (χ4n) is 3.13. The molecule has 1 aliphatic heterocycles. The predicted octanol–water partition coefficient (Wildman–Crippen LogP) is 2.38. The number of nitrogens with zero attached hydrogens (tertiary/aromatic N) is 2. The molecule has 0 amide bonds. The second-order valence-electron chi connectivity index (χ2n) is 6.54. The number of guanidine groups is 1. The van der Waals surface area contributed by atoms with Gasteiger partial charge in [-0.05, 0) is 32.3 Å². The Morgan fingerprint density at radius 1 is 1.26 bits per heavy atom. The van der Waals surface area contributed by atoms with E-state index in [1.54, 1.807) is 20.3 Å². The molecule has 2 rings (SSSR count). The number of methoxy groups -OCH3 is 2. The van der Waals surface area contributed by atoms with Crippen molar-refractivity contribution in [3.8, 4) is 11.5 Å². The van der Waals surface area contributed by atoms with Crippen molar-refractivity contribution in [3.05, 3.63) is 23.8 Å². The number of benzene rings is 1. The van der Waals surface area contributed by atoms with E-state index in [-0.39, 0.29) is 5.75 Å². The Labute approximate surface area is 162 Å². The van der Waals surface area contributed by atoms with Crippen LogP contribution in [0.4, 0.5) is 0 Å². The highest BCUT2D eigenvalue weighted by Crippen LogP contribution is 2.29. The third-order valence-corrected chi connectivity index (χ3v) is 4.62. The van der Waals surface area contributed by atoms with E-state index in [1.165, 1.54) is 0 Å². The molecule has 2 N–H and O–H groups in total. The molecule has 0 spiro atoms. The largest absolute Gasteiger partial charge is 0.504 e. The maximum absolute atomic E-state index is 10.2. The topological polar surface area (TPSA) is 75.6 Å². The first-order chi connectivity index (χ1) is 13.2. The summed E-state index contributed by atoms with van der Waals surface area (Å²) in [5.41, 5.74) is 0.751. The molecule has 1 aliphatic rings. The van der Waals surface area contributed by atoms with Gasteiger partial charge in [0.05, 0.1) is 19.8 Å². The van der Waals surface area contributed by atoms with Crippen LogP contribution in [0.1, 0.15) is 31.7 Å². The Morgan fingerprint density at radius 3 is 2.70 bits per heavy atom. The monoisotopic (exact) mass is 379 g/mol. The van der Waals surface area contributed by atoms with Gasteiger partial charge in [-0.1, -0.05) is 12.1 Å². The maximum Gasteiger partial charge on any atom is 0.194 e. The van der Waals surface area contributed by atoms with Crippen LogP contribution in [0, 0.1) is 0 Å². The fourth-order valence-corrected chi connectivity index (χ4v) is 3.13. The van der Waals surface area contributed by atoms with Crippen LogP contribution in [0.15, 0.2) is 23.2 Å². The van der Waals surface area contributed by atoms with Gasteiger partial charge in [-0.15, -0.1) is 0 Å². The van der Waals surface area contributed by atoms with E-state index in [2.05, 4.69) is 17.1 Å². The summed E-state index contributed by atoms with van der Waals surface area (Å²) in [6, 6.07) is 5.47. The number of rotatable bonds is 9. The first-order valence-corrected chi connectivity index (χ1v) is 9.68. The molecule has 0 saturated carbocycles. The summed E-state index contributed by atoms with van der Waals surface area (Å²) in [4.78, 5) is 6.97. The smallest absolute Gasteiger partial charge is 0.194 e. The molecule has 152 valence electrons. The van der Waals surface area contributed by atoms with Crippen LogP contribution >= 0.6 is 0 Å². The van der Waals surface area contributed by atoms with Gasteiger partial charge in [0, 0.05) is 45.5 Å². The fraction of sp³-hybridized carbons (Fsp3) is 0.650. The molecule has 1 saturated heterocycles. The van der Waals surface area contributed by atoms with Gasteiger partial charge in [0.25, 0.3) is 0 Å². The number of piperidine rings is 1. The Morgan fingerprint density at radius 2 is 2.04 bits per heavy atom. The van der Waals surface area contributed by atoms with Crippen molar-refractivity contribution in [2.75, 3.05) is 47.1 Å². The summed E-state index contributed by atoms with van der Waals surface area (Å²) in [6.45, 7) is 6.57. The Bertz CT molecular complexity index is 587. The van der Waals surface area contributed by atoms with E-state index >= 15 is 0 Å². The first-order valence-electron chi connectivity index (χ1n) is 9.68. The van der Waals surface area contributed by atoms with E-state index in [1.807, 2.05) is 12.1 Å². The van der Waals surface area contributed by atoms with Gasteiger partial charge in [0.15, 0.2) is 17.5 Å². The highest BCUT2D eigenvalue weighted by molar-refractivity contribution is 5.80.